The second-order valence-electron chi connectivity index (χ2n) is 6.66. The molecule has 0 unspecified atom stereocenters. The summed E-state index contributed by atoms with van der Waals surface area (Å²) >= 11 is 0. The smallest absolute Gasteiger partial charge is 0.335 e. The van der Waals surface area contributed by atoms with Crippen LogP contribution in [0.4, 0.5) is 4.79 Å². The summed E-state index contributed by atoms with van der Waals surface area (Å²) < 4.78 is 0. The molecule has 132 valence electrons. The Balaban J connectivity index is 1.83. The number of hydrogen-bond acceptors (Lipinski definition) is 3. The van der Waals surface area contributed by atoms with E-state index in [1.54, 1.807) is 19.2 Å². The Morgan fingerprint density at radius 3 is 2.25 bits per heavy atom. The molecule has 1 aromatic carbocycles. The molecule has 0 saturated heterocycles. The lowest BCUT2D eigenvalue weighted by molar-refractivity contribution is 0.00461. The van der Waals surface area contributed by atoms with Crippen molar-refractivity contribution in [2.24, 2.45) is 0 Å². The lowest BCUT2D eigenvalue weighted by Crippen LogP contribution is -2.47. The van der Waals surface area contributed by atoms with Crippen molar-refractivity contribution in [3.63, 3.8) is 0 Å². The molecular formula is C18H26N2O4. The molecule has 2 rings (SSSR count). The van der Waals surface area contributed by atoms with Crippen LogP contribution in [0.1, 0.15) is 54.4 Å². The maximum absolute atomic E-state index is 12.2. The highest BCUT2D eigenvalue weighted by atomic mass is 16.4. The number of carbonyl (C=O) groups is 2. The van der Waals surface area contributed by atoms with Crippen LogP contribution in [0.5, 0.6) is 0 Å². The SMILES string of the molecule is CN(CC1(O)CCCCCC1)C(=O)NCc1ccc(C(=O)O)cc1. The molecule has 0 atom stereocenters. The summed E-state index contributed by atoms with van der Waals surface area (Å²) in [5.41, 5.74) is 0.263. The molecule has 0 aliphatic heterocycles. The van der Waals surface area contributed by atoms with E-state index in [0.717, 1.165) is 44.1 Å². The molecule has 24 heavy (non-hydrogen) atoms. The fraction of sp³-hybridized carbons (Fsp3) is 0.556. The van der Waals surface area contributed by atoms with Gasteiger partial charge in [-0.3, -0.25) is 0 Å². The van der Waals surface area contributed by atoms with Crippen molar-refractivity contribution in [2.45, 2.75) is 50.7 Å². The fourth-order valence-corrected chi connectivity index (χ4v) is 3.14. The maximum Gasteiger partial charge on any atom is 0.335 e. The highest BCUT2D eigenvalue weighted by Crippen LogP contribution is 2.27. The van der Waals surface area contributed by atoms with Crippen molar-refractivity contribution in [3.8, 4) is 0 Å². The summed E-state index contributed by atoms with van der Waals surface area (Å²) in [5, 5.41) is 22.3. The van der Waals surface area contributed by atoms with Gasteiger partial charge in [-0.05, 0) is 30.5 Å². The van der Waals surface area contributed by atoms with Gasteiger partial charge in [-0.2, -0.15) is 0 Å². The number of carboxylic acid groups (broad SMARTS) is 1. The van der Waals surface area contributed by atoms with E-state index in [2.05, 4.69) is 5.32 Å². The zero-order valence-corrected chi connectivity index (χ0v) is 14.1. The third kappa shape index (κ3) is 5.23. The molecule has 2 amide bonds. The van der Waals surface area contributed by atoms with E-state index in [0.29, 0.717) is 13.1 Å². The van der Waals surface area contributed by atoms with Crippen molar-refractivity contribution in [1.82, 2.24) is 10.2 Å². The van der Waals surface area contributed by atoms with Gasteiger partial charge < -0.3 is 20.4 Å². The molecule has 1 aliphatic carbocycles. The van der Waals surface area contributed by atoms with Gasteiger partial charge in [0.1, 0.15) is 0 Å². The quantitative estimate of drug-likeness (QED) is 0.722. The first kappa shape index (κ1) is 18.3. The standard InChI is InChI=1S/C18H26N2O4/c1-20(13-18(24)10-4-2-3-5-11-18)17(23)19-12-14-6-8-15(9-7-14)16(21)22/h6-9,24H,2-5,10-13H2,1H3,(H,19,23)(H,21,22). The van der Waals surface area contributed by atoms with Crippen LogP contribution < -0.4 is 5.32 Å². The van der Waals surface area contributed by atoms with Crippen LogP contribution in [-0.4, -0.2) is 46.3 Å². The first-order valence-corrected chi connectivity index (χ1v) is 8.43. The summed E-state index contributed by atoms with van der Waals surface area (Å²) in [7, 11) is 1.69. The number of nitrogens with zero attached hydrogens (tertiary/aromatic N) is 1. The second-order valence-corrected chi connectivity index (χ2v) is 6.66. The zero-order valence-electron chi connectivity index (χ0n) is 14.1. The van der Waals surface area contributed by atoms with Crippen molar-refractivity contribution in [1.29, 1.82) is 0 Å². The van der Waals surface area contributed by atoms with Crippen molar-refractivity contribution < 1.29 is 19.8 Å². The average molecular weight is 334 g/mol. The molecule has 1 fully saturated rings. The number of carbonyl (C=O) groups excluding carboxylic acids is 1. The van der Waals surface area contributed by atoms with Gasteiger partial charge >= 0.3 is 12.0 Å². The summed E-state index contributed by atoms with van der Waals surface area (Å²) in [5.74, 6) is -0.970. The van der Waals surface area contributed by atoms with E-state index in [4.69, 9.17) is 5.11 Å². The minimum Gasteiger partial charge on any atom is -0.478 e. The Labute approximate surface area is 142 Å². The van der Waals surface area contributed by atoms with Crippen molar-refractivity contribution in [3.05, 3.63) is 35.4 Å². The molecule has 0 aromatic heterocycles. The predicted molar refractivity (Wildman–Crippen MR) is 90.9 cm³/mol. The number of urea groups is 1. The minimum atomic E-state index is -0.970. The van der Waals surface area contributed by atoms with Gasteiger partial charge in [0.2, 0.25) is 0 Å². The second kappa shape index (κ2) is 8.15. The summed E-state index contributed by atoms with van der Waals surface area (Å²) in [6.45, 7) is 0.651. The number of aliphatic hydroxyl groups is 1. The van der Waals surface area contributed by atoms with Gasteiger partial charge in [-0.1, -0.05) is 37.8 Å². The average Bonchev–Trinajstić information content (AvgIpc) is 2.77. The third-order valence-electron chi connectivity index (χ3n) is 4.56. The number of rotatable bonds is 5. The predicted octanol–water partition coefficient (Wildman–Crippen LogP) is 2.61. The molecule has 6 heteroatoms. The lowest BCUT2D eigenvalue weighted by Gasteiger charge is -2.31. The Kier molecular flexibility index (Phi) is 6.20. The number of benzene rings is 1. The normalized spacial score (nSPS) is 16.9. The molecule has 0 spiro atoms. The Bertz CT molecular complexity index is 563. The molecule has 1 aliphatic rings. The molecule has 0 radical (unpaired) electrons. The highest BCUT2D eigenvalue weighted by Gasteiger charge is 2.30. The highest BCUT2D eigenvalue weighted by molar-refractivity contribution is 5.87. The number of aromatic carboxylic acids is 1. The Morgan fingerprint density at radius 1 is 1.12 bits per heavy atom. The van der Waals surface area contributed by atoms with Crippen LogP contribution in [0, 0.1) is 0 Å². The Hall–Kier alpha value is -2.08. The first-order chi connectivity index (χ1) is 11.4. The zero-order chi connectivity index (χ0) is 17.6. The number of amides is 2. The van der Waals surface area contributed by atoms with Crippen LogP contribution in [0.2, 0.25) is 0 Å². The van der Waals surface area contributed by atoms with Crippen molar-refractivity contribution >= 4 is 12.0 Å². The van der Waals surface area contributed by atoms with Crippen LogP contribution in [-0.2, 0) is 6.54 Å². The number of likely N-dealkylation sites (N-methyl/N-ethyl adjacent to an activating group) is 1. The summed E-state index contributed by atoms with van der Waals surface area (Å²) in [4.78, 5) is 24.5. The van der Waals surface area contributed by atoms with Crippen LogP contribution in [0.15, 0.2) is 24.3 Å². The van der Waals surface area contributed by atoms with Gasteiger partial charge in [0, 0.05) is 13.6 Å². The summed E-state index contributed by atoms with van der Waals surface area (Å²) in [6, 6.07) is 6.16. The van der Waals surface area contributed by atoms with Crippen LogP contribution in [0.3, 0.4) is 0 Å². The molecule has 1 aromatic rings. The van der Waals surface area contributed by atoms with Gasteiger partial charge in [0.15, 0.2) is 0 Å². The maximum atomic E-state index is 12.2. The number of carboxylic acids is 1. The third-order valence-corrected chi connectivity index (χ3v) is 4.56. The molecule has 0 heterocycles. The lowest BCUT2D eigenvalue weighted by atomic mass is 9.94. The van der Waals surface area contributed by atoms with Gasteiger partial charge in [-0.25, -0.2) is 9.59 Å². The molecule has 3 N–H and O–H groups in total. The van der Waals surface area contributed by atoms with Gasteiger partial charge in [0.25, 0.3) is 0 Å². The summed E-state index contributed by atoms with van der Waals surface area (Å²) in [6.07, 6.45) is 5.77. The minimum absolute atomic E-state index is 0.220. The molecular weight excluding hydrogens is 308 g/mol. The fourth-order valence-electron chi connectivity index (χ4n) is 3.14. The van der Waals surface area contributed by atoms with E-state index < -0.39 is 11.6 Å². The number of nitrogens with one attached hydrogen (secondary N) is 1. The van der Waals surface area contributed by atoms with E-state index >= 15 is 0 Å². The largest absolute Gasteiger partial charge is 0.478 e. The van der Waals surface area contributed by atoms with E-state index in [1.807, 2.05) is 0 Å². The molecule has 0 bridgehead atoms. The van der Waals surface area contributed by atoms with Crippen molar-refractivity contribution in [2.75, 3.05) is 13.6 Å². The van der Waals surface area contributed by atoms with E-state index in [1.165, 1.54) is 17.0 Å². The van der Waals surface area contributed by atoms with Crippen LogP contribution >= 0.6 is 0 Å². The first-order valence-electron chi connectivity index (χ1n) is 8.43. The van der Waals surface area contributed by atoms with E-state index in [9.17, 15) is 14.7 Å². The van der Waals surface area contributed by atoms with Gasteiger partial charge in [-0.15, -0.1) is 0 Å². The molecule has 1 saturated carbocycles. The van der Waals surface area contributed by atoms with Gasteiger partial charge in [0.05, 0.1) is 17.7 Å². The monoisotopic (exact) mass is 334 g/mol. The van der Waals surface area contributed by atoms with E-state index in [-0.39, 0.29) is 11.6 Å². The number of hydrogen-bond donors (Lipinski definition) is 3. The molecule has 6 nitrogen and oxygen atoms in total. The topological polar surface area (TPSA) is 89.9 Å². The Morgan fingerprint density at radius 2 is 1.71 bits per heavy atom. The van der Waals surface area contributed by atoms with Crippen LogP contribution in [0.25, 0.3) is 0 Å².